The van der Waals surface area contributed by atoms with E-state index < -0.39 is 0 Å². The molecule has 0 aliphatic carbocycles. The van der Waals surface area contributed by atoms with Gasteiger partial charge in [-0.2, -0.15) is 0 Å². The van der Waals surface area contributed by atoms with Gasteiger partial charge in [0.05, 0.1) is 0 Å². The molecule has 0 aromatic carbocycles. The minimum Gasteiger partial charge on any atom is -0.343 e. The summed E-state index contributed by atoms with van der Waals surface area (Å²) in [7, 11) is 2.21. The van der Waals surface area contributed by atoms with E-state index >= 15 is 0 Å². The number of piperidine rings is 2. The van der Waals surface area contributed by atoms with E-state index in [1.54, 1.807) is 6.92 Å². The Morgan fingerprint density at radius 3 is 1.93 bits per heavy atom. The fraction of sp³-hybridized carbons (Fsp3) is 0.917. The molecule has 2 saturated heterocycles. The fourth-order valence-corrected chi connectivity index (χ4v) is 2.89. The normalized spacial score (nSPS) is 26.9. The highest BCUT2D eigenvalue weighted by Gasteiger charge is 2.37. The highest BCUT2D eigenvalue weighted by Crippen LogP contribution is 2.40. The van der Waals surface area contributed by atoms with E-state index in [0.717, 1.165) is 13.1 Å². The largest absolute Gasteiger partial charge is 0.343 e. The molecule has 1 spiro atoms. The smallest absolute Gasteiger partial charge is 0.219 e. The van der Waals surface area contributed by atoms with Gasteiger partial charge in [-0.1, -0.05) is 0 Å². The summed E-state index contributed by atoms with van der Waals surface area (Å²) >= 11 is 0. The molecule has 3 heteroatoms. The second kappa shape index (κ2) is 4.12. The lowest BCUT2D eigenvalue weighted by molar-refractivity contribution is -0.131. The lowest BCUT2D eigenvalue weighted by Gasteiger charge is -2.46. The molecular weight excluding hydrogens is 188 g/mol. The Kier molecular flexibility index (Phi) is 3.01. The third-order valence-corrected chi connectivity index (χ3v) is 4.32. The molecule has 0 saturated carbocycles. The van der Waals surface area contributed by atoms with Crippen LogP contribution in [0.5, 0.6) is 0 Å². The summed E-state index contributed by atoms with van der Waals surface area (Å²) in [4.78, 5) is 15.7. The average Bonchev–Trinajstić information content (AvgIpc) is 2.24. The number of amides is 1. The number of carbonyl (C=O) groups excluding carboxylic acids is 1. The third kappa shape index (κ3) is 2.33. The minimum absolute atomic E-state index is 0.248. The van der Waals surface area contributed by atoms with E-state index in [2.05, 4.69) is 11.9 Å². The number of hydrogen-bond acceptors (Lipinski definition) is 2. The van der Waals surface area contributed by atoms with Crippen LogP contribution in [0.1, 0.15) is 32.6 Å². The van der Waals surface area contributed by atoms with Crippen molar-refractivity contribution in [2.45, 2.75) is 32.6 Å². The maximum Gasteiger partial charge on any atom is 0.219 e. The van der Waals surface area contributed by atoms with Crippen LogP contribution in [0.15, 0.2) is 0 Å². The minimum atomic E-state index is 0.248. The standard InChI is InChI=1S/C12H22N2O/c1-11(15)14-9-5-12(6-10-14)3-7-13(2)8-4-12/h3-10H2,1-2H3. The summed E-state index contributed by atoms with van der Waals surface area (Å²) in [6.07, 6.45) is 5.10. The lowest BCUT2D eigenvalue weighted by Crippen LogP contribution is -2.47. The second-order valence-electron chi connectivity index (χ2n) is 5.31. The maximum atomic E-state index is 11.2. The first-order valence-corrected chi connectivity index (χ1v) is 6.05. The molecule has 0 N–H and O–H groups in total. The fourth-order valence-electron chi connectivity index (χ4n) is 2.89. The van der Waals surface area contributed by atoms with E-state index in [9.17, 15) is 4.79 Å². The van der Waals surface area contributed by atoms with Crippen molar-refractivity contribution in [3.63, 3.8) is 0 Å². The zero-order valence-electron chi connectivity index (χ0n) is 9.96. The van der Waals surface area contributed by atoms with Gasteiger partial charge in [0, 0.05) is 20.0 Å². The lowest BCUT2D eigenvalue weighted by atomic mass is 9.71. The Labute approximate surface area is 92.4 Å². The van der Waals surface area contributed by atoms with Crippen LogP contribution in [-0.2, 0) is 4.79 Å². The van der Waals surface area contributed by atoms with Gasteiger partial charge in [-0.05, 0) is 51.2 Å². The molecule has 2 heterocycles. The monoisotopic (exact) mass is 210 g/mol. The van der Waals surface area contributed by atoms with E-state index in [0.29, 0.717) is 5.41 Å². The Bertz CT molecular complexity index is 234. The van der Waals surface area contributed by atoms with Crippen LogP contribution in [-0.4, -0.2) is 48.9 Å². The SMILES string of the molecule is CC(=O)N1CCC2(CCN(C)CC2)CC1. The van der Waals surface area contributed by atoms with Gasteiger partial charge in [0.2, 0.25) is 5.91 Å². The average molecular weight is 210 g/mol. The first kappa shape index (κ1) is 10.9. The van der Waals surface area contributed by atoms with Crippen molar-refractivity contribution in [3.05, 3.63) is 0 Å². The van der Waals surface area contributed by atoms with Crippen LogP contribution >= 0.6 is 0 Å². The number of carbonyl (C=O) groups is 1. The summed E-state index contributed by atoms with van der Waals surface area (Å²) in [6.45, 7) is 6.13. The number of likely N-dealkylation sites (tertiary alicyclic amines) is 2. The molecule has 3 nitrogen and oxygen atoms in total. The van der Waals surface area contributed by atoms with Crippen LogP contribution in [0, 0.1) is 5.41 Å². The van der Waals surface area contributed by atoms with Gasteiger partial charge in [0.1, 0.15) is 0 Å². The van der Waals surface area contributed by atoms with Crippen LogP contribution in [0.4, 0.5) is 0 Å². The van der Waals surface area contributed by atoms with Crippen molar-refractivity contribution in [3.8, 4) is 0 Å². The van der Waals surface area contributed by atoms with Crippen LogP contribution < -0.4 is 0 Å². The number of rotatable bonds is 0. The molecular formula is C12H22N2O. The summed E-state index contributed by atoms with van der Waals surface area (Å²) in [5, 5.41) is 0. The van der Waals surface area contributed by atoms with Crippen molar-refractivity contribution >= 4 is 5.91 Å². The summed E-state index contributed by atoms with van der Waals surface area (Å²) in [5.41, 5.74) is 0.568. The molecule has 2 fully saturated rings. The van der Waals surface area contributed by atoms with Gasteiger partial charge in [0.15, 0.2) is 0 Å². The Balaban J connectivity index is 1.89. The Hall–Kier alpha value is -0.570. The molecule has 0 atom stereocenters. The van der Waals surface area contributed by atoms with Gasteiger partial charge in [-0.3, -0.25) is 4.79 Å². The van der Waals surface area contributed by atoms with Crippen molar-refractivity contribution in [1.82, 2.24) is 9.80 Å². The molecule has 0 aromatic heterocycles. The summed E-state index contributed by atoms with van der Waals surface area (Å²) in [6, 6.07) is 0. The first-order valence-electron chi connectivity index (χ1n) is 6.05. The summed E-state index contributed by atoms with van der Waals surface area (Å²) in [5.74, 6) is 0.248. The van der Waals surface area contributed by atoms with Crippen molar-refractivity contribution < 1.29 is 4.79 Å². The molecule has 2 rings (SSSR count). The Morgan fingerprint density at radius 2 is 1.47 bits per heavy atom. The molecule has 2 aliphatic rings. The zero-order valence-corrected chi connectivity index (χ0v) is 9.96. The van der Waals surface area contributed by atoms with E-state index in [1.807, 2.05) is 4.90 Å². The van der Waals surface area contributed by atoms with Gasteiger partial charge in [-0.15, -0.1) is 0 Å². The van der Waals surface area contributed by atoms with Crippen LogP contribution in [0.25, 0.3) is 0 Å². The number of nitrogens with zero attached hydrogens (tertiary/aromatic N) is 2. The van der Waals surface area contributed by atoms with E-state index in [4.69, 9.17) is 0 Å². The van der Waals surface area contributed by atoms with Crippen molar-refractivity contribution in [2.24, 2.45) is 5.41 Å². The second-order valence-corrected chi connectivity index (χ2v) is 5.31. The number of hydrogen-bond donors (Lipinski definition) is 0. The maximum absolute atomic E-state index is 11.2. The first-order chi connectivity index (χ1) is 7.11. The highest BCUT2D eigenvalue weighted by atomic mass is 16.2. The van der Waals surface area contributed by atoms with Gasteiger partial charge < -0.3 is 9.80 Å². The summed E-state index contributed by atoms with van der Waals surface area (Å²) < 4.78 is 0. The predicted molar refractivity (Wildman–Crippen MR) is 60.7 cm³/mol. The molecule has 0 unspecified atom stereocenters. The van der Waals surface area contributed by atoms with Gasteiger partial charge in [0.25, 0.3) is 0 Å². The predicted octanol–water partition coefficient (Wildman–Crippen LogP) is 1.34. The quantitative estimate of drug-likeness (QED) is 0.602. The molecule has 0 radical (unpaired) electrons. The molecule has 15 heavy (non-hydrogen) atoms. The van der Waals surface area contributed by atoms with E-state index in [1.165, 1.54) is 38.8 Å². The van der Waals surface area contributed by atoms with Crippen molar-refractivity contribution in [2.75, 3.05) is 33.2 Å². The van der Waals surface area contributed by atoms with E-state index in [-0.39, 0.29) is 5.91 Å². The molecule has 86 valence electrons. The molecule has 0 bridgehead atoms. The zero-order chi connectivity index (χ0) is 10.9. The molecule has 0 aromatic rings. The van der Waals surface area contributed by atoms with Gasteiger partial charge in [-0.25, -0.2) is 0 Å². The highest BCUT2D eigenvalue weighted by molar-refractivity contribution is 5.73. The topological polar surface area (TPSA) is 23.6 Å². The third-order valence-electron chi connectivity index (χ3n) is 4.32. The van der Waals surface area contributed by atoms with Crippen molar-refractivity contribution in [1.29, 1.82) is 0 Å². The van der Waals surface area contributed by atoms with Crippen LogP contribution in [0.3, 0.4) is 0 Å². The van der Waals surface area contributed by atoms with Crippen LogP contribution in [0.2, 0.25) is 0 Å². The van der Waals surface area contributed by atoms with Gasteiger partial charge >= 0.3 is 0 Å². The Morgan fingerprint density at radius 1 is 1.00 bits per heavy atom. The molecule has 2 aliphatic heterocycles. The molecule has 1 amide bonds.